The summed E-state index contributed by atoms with van der Waals surface area (Å²) in [6, 6.07) is 0. The normalized spacial score (nSPS) is 14.2. The van der Waals surface area contributed by atoms with Gasteiger partial charge in [0.25, 0.3) is 5.91 Å². The Morgan fingerprint density at radius 1 is 1.72 bits per heavy atom. The van der Waals surface area contributed by atoms with Gasteiger partial charge in [0.2, 0.25) is 0 Å². The Morgan fingerprint density at radius 2 is 2.39 bits per heavy atom. The highest BCUT2D eigenvalue weighted by atomic mass is 32.2. The maximum absolute atomic E-state index is 11.9. The van der Waals surface area contributed by atoms with Crippen LogP contribution in [0.3, 0.4) is 0 Å². The van der Waals surface area contributed by atoms with E-state index in [-0.39, 0.29) is 18.1 Å². The van der Waals surface area contributed by atoms with E-state index in [1.807, 2.05) is 13.2 Å². The van der Waals surface area contributed by atoms with Crippen molar-refractivity contribution < 1.29 is 9.90 Å². The van der Waals surface area contributed by atoms with Gasteiger partial charge in [0.1, 0.15) is 0 Å². The standard InChI is InChI=1S/C11H20N4O2S/c1-4-15-5-8(12)9(14-15)10(16)13-6-11(2,17)7-18-3/h5,17H,4,6-7,12H2,1-3H3,(H,13,16). The van der Waals surface area contributed by atoms with E-state index in [2.05, 4.69) is 10.4 Å². The number of aliphatic hydroxyl groups is 1. The van der Waals surface area contributed by atoms with Gasteiger partial charge in [-0.25, -0.2) is 0 Å². The number of hydrogen-bond donors (Lipinski definition) is 3. The Morgan fingerprint density at radius 3 is 2.89 bits per heavy atom. The molecule has 4 N–H and O–H groups in total. The van der Waals surface area contributed by atoms with Crippen LogP contribution in [0.5, 0.6) is 0 Å². The van der Waals surface area contributed by atoms with Crippen LogP contribution >= 0.6 is 11.8 Å². The monoisotopic (exact) mass is 272 g/mol. The van der Waals surface area contributed by atoms with Gasteiger partial charge >= 0.3 is 0 Å². The van der Waals surface area contributed by atoms with Crippen LogP contribution in [0, 0.1) is 0 Å². The lowest BCUT2D eigenvalue weighted by atomic mass is 10.1. The van der Waals surface area contributed by atoms with Gasteiger partial charge in [0, 0.05) is 25.0 Å². The number of aryl methyl sites for hydroxylation is 1. The molecule has 1 amide bonds. The highest BCUT2D eigenvalue weighted by Crippen LogP contribution is 2.11. The first kappa shape index (κ1) is 14.8. The Labute approximate surface area is 111 Å². The molecule has 1 heterocycles. The van der Waals surface area contributed by atoms with Crippen molar-refractivity contribution in [3.63, 3.8) is 0 Å². The highest BCUT2D eigenvalue weighted by Gasteiger charge is 2.22. The van der Waals surface area contributed by atoms with Crippen molar-refractivity contribution in [3.05, 3.63) is 11.9 Å². The van der Waals surface area contributed by atoms with E-state index in [1.54, 1.807) is 17.8 Å². The van der Waals surface area contributed by atoms with Crippen LogP contribution in [0.15, 0.2) is 6.20 Å². The molecule has 7 heteroatoms. The van der Waals surface area contributed by atoms with Gasteiger partial charge in [-0.05, 0) is 20.1 Å². The predicted octanol–water partition coefficient (Wildman–Crippen LogP) is 0.329. The third kappa shape index (κ3) is 3.92. The third-order valence-corrected chi connectivity index (χ3v) is 3.32. The fraction of sp³-hybridized carbons (Fsp3) is 0.636. The van der Waals surface area contributed by atoms with Crippen molar-refractivity contribution >= 4 is 23.4 Å². The number of rotatable bonds is 6. The molecular formula is C11H20N4O2S. The zero-order valence-corrected chi connectivity index (χ0v) is 11.8. The van der Waals surface area contributed by atoms with E-state index in [9.17, 15) is 9.90 Å². The minimum atomic E-state index is -0.933. The summed E-state index contributed by atoms with van der Waals surface area (Å²) < 4.78 is 1.60. The summed E-state index contributed by atoms with van der Waals surface area (Å²) in [6.45, 7) is 4.42. The molecule has 1 aromatic heterocycles. The Bertz CT molecular complexity index is 417. The molecule has 0 spiro atoms. The molecule has 0 fully saturated rings. The first-order valence-corrected chi connectivity index (χ1v) is 7.11. The molecule has 0 saturated heterocycles. The molecule has 1 atom stereocenters. The zero-order chi connectivity index (χ0) is 13.8. The molecule has 6 nitrogen and oxygen atoms in total. The molecule has 0 aromatic carbocycles. The Kier molecular flexibility index (Phi) is 5.03. The van der Waals surface area contributed by atoms with Crippen LogP contribution in [-0.2, 0) is 6.54 Å². The van der Waals surface area contributed by atoms with Gasteiger partial charge < -0.3 is 16.2 Å². The molecule has 18 heavy (non-hydrogen) atoms. The number of carbonyl (C=O) groups is 1. The summed E-state index contributed by atoms with van der Waals surface area (Å²) in [6.07, 6.45) is 3.52. The van der Waals surface area contributed by atoms with Crippen molar-refractivity contribution in [3.8, 4) is 0 Å². The molecule has 0 bridgehead atoms. The molecule has 0 aliphatic heterocycles. The minimum Gasteiger partial charge on any atom is -0.396 e. The van der Waals surface area contributed by atoms with Crippen molar-refractivity contribution in [2.24, 2.45) is 0 Å². The van der Waals surface area contributed by atoms with Gasteiger partial charge in [0.05, 0.1) is 11.3 Å². The average molecular weight is 272 g/mol. The summed E-state index contributed by atoms with van der Waals surface area (Å²) in [5.74, 6) is 0.188. The number of anilines is 1. The Hall–Kier alpha value is -1.21. The fourth-order valence-electron chi connectivity index (χ4n) is 1.49. The number of carbonyl (C=O) groups excluding carboxylic acids is 1. The van der Waals surface area contributed by atoms with Crippen LogP contribution in [0.25, 0.3) is 0 Å². The second-order valence-corrected chi connectivity index (χ2v) is 5.27. The highest BCUT2D eigenvalue weighted by molar-refractivity contribution is 7.98. The number of hydrogen-bond acceptors (Lipinski definition) is 5. The molecule has 1 unspecified atom stereocenters. The summed E-state index contributed by atoms with van der Waals surface area (Å²) in [4.78, 5) is 11.9. The molecule has 1 rings (SSSR count). The quantitative estimate of drug-likeness (QED) is 0.694. The van der Waals surface area contributed by atoms with Crippen molar-refractivity contribution in [1.82, 2.24) is 15.1 Å². The lowest BCUT2D eigenvalue weighted by Gasteiger charge is -2.22. The summed E-state index contributed by atoms with van der Waals surface area (Å²) in [5, 5.41) is 16.7. The number of thioether (sulfide) groups is 1. The van der Waals surface area contributed by atoms with Gasteiger partial charge in [-0.15, -0.1) is 0 Å². The van der Waals surface area contributed by atoms with Crippen LogP contribution in [0.2, 0.25) is 0 Å². The number of nitrogens with two attached hydrogens (primary N) is 1. The first-order chi connectivity index (χ1) is 8.39. The molecular weight excluding hydrogens is 252 g/mol. The number of nitrogen functional groups attached to an aromatic ring is 1. The van der Waals surface area contributed by atoms with E-state index < -0.39 is 5.60 Å². The maximum atomic E-state index is 11.9. The summed E-state index contributed by atoms with van der Waals surface area (Å²) in [7, 11) is 0. The smallest absolute Gasteiger partial charge is 0.274 e. The second-order valence-electron chi connectivity index (χ2n) is 4.40. The van der Waals surface area contributed by atoms with E-state index in [1.165, 1.54) is 11.8 Å². The maximum Gasteiger partial charge on any atom is 0.274 e. The average Bonchev–Trinajstić information content (AvgIpc) is 2.68. The zero-order valence-electron chi connectivity index (χ0n) is 10.9. The second kappa shape index (κ2) is 6.10. The van der Waals surface area contributed by atoms with Crippen LogP contribution < -0.4 is 11.1 Å². The van der Waals surface area contributed by atoms with E-state index in [0.717, 1.165) is 0 Å². The summed E-state index contributed by atoms with van der Waals surface area (Å²) >= 11 is 1.52. The van der Waals surface area contributed by atoms with Crippen molar-refractivity contribution in [2.45, 2.75) is 26.0 Å². The third-order valence-electron chi connectivity index (χ3n) is 2.41. The van der Waals surface area contributed by atoms with Crippen LogP contribution in [0.1, 0.15) is 24.3 Å². The lowest BCUT2D eigenvalue weighted by molar-refractivity contribution is 0.0722. The van der Waals surface area contributed by atoms with Crippen molar-refractivity contribution in [2.75, 3.05) is 24.3 Å². The number of nitrogens with zero attached hydrogens (tertiary/aromatic N) is 2. The molecule has 1 aromatic rings. The van der Waals surface area contributed by atoms with Gasteiger partial charge in [-0.3, -0.25) is 9.48 Å². The molecule has 0 radical (unpaired) electrons. The number of aromatic nitrogens is 2. The van der Waals surface area contributed by atoms with Crippen LogP contribution in [0.4, 0.5) is 5.69 Å². The lowest BCUT2D eigenvalue weighted by Crippen LogP contribution is -2.42. The van der Waals surface area contributed by atoms with E-state index >= 15 is 0 Å². The molecule has 0 saturated carbocycles. The minimum absolute atomic E-state index is 0.172. The van der Waals surface area contributed by atoms with E-state index in [4.69, 9.17) is 5.73 Å². The first-order valence-electron chi connectivity index (χ1n) is 5.72. The molecule has 0 aliphatic carbocycles. The van der Waals surface area contributed by atoms with Gasteiger partial charge in [-0.1, -0.05) is 0 Å². The van der Waals surface area contributed by atoms with Crippen molar-refractivity contribution in [1.29, 1.82) is 0 Å². The van der Waals surface area contributed by atoms with E-state index in [0.29, 0.717) is 18.0 Å². The predicted molar refractivity (Wildman–Crippen MR) is 73.7 cm³/mol. The van der Waals surface area contributed by atoms with Gasteiger partial charge in [0.15, 0.2) is 5.69 Å². The fourth-order valence-corrected chi connectivity index (χ4v) is 2.22. The topological polar surface area (TPSA) is 93.2 Å². The molecule has 0 aliphatic rings. The molecule has 102 valence electrons. The Balaban J connectivity index is 2.62. The van der Waals surface area contributed by atoms with Gasteiger partial charge in [-0.2, -0.15) is 16.9 Å². The number of nitrogens with one attached hydrogen (secondary N) is 1. The summed E-state index contributed by atoms with van der Waals surface area (Å²) in [5.41, 5.74) is 5.32. The number of amides is 1. The largest absolute Gasteiger partial charge is 0.396 e. The van der Waals surface area contributed by atoms with Crippen LogP contribution in [-0.4, -0.2) is 44.9 Å². The SMILES string of the molecule is CCn1cc(N)c(C(=O)NCC(C)(O)CSC)n1.